The molecule has 0 bridgehead atoms. The number of hydrogen-bond donors (Lipinski definition) is 0. The summed E-state index contributed by atoms with van der Waals surface area (Å²) in [6.45, 7) is 2.06. The summed E-state index contributed by atoms with van der Waals surface area (Å²) >= 11 is 1.61. The van der Waals surface area contributed by atoms with E-state index in [1.807, 2.05) is 0 Å². The quantitative estimate of drug-likeness (QED) is 0.593. The third-order valence-corrected chi connectivity index (χ3v) is 8.05. The maximum atomic E-state index is 12.7. The zero-order valence-corrected chi connectivity index (χ0v) is 16.4. The molecule has 1 aliphatic carbocycles. The lowest BCUT2D eigenvalue weighted by Crippen LogP contribution is -2.31. The van der Waals surface area contributed by atoms with Gasteiger partial charge in [0.15, 0.2) is 9.84 Å². The number of sulfone groups is 1. The van der Waals surface area contributed by atoms with Crippen molar-refractivity contribution >= 4 is 21.6 Å². The van der Waals surface area contributed by atoms with Crippen LogP contribution in [0.15, 0.2) is 34.1 Å². The van der Waals surface area contributed by atoms with Crippen LogP contribution in [0.1, 0.15) is 41.3 Å². The zero-order chi connectivity index (χ0) is 18.3. The van der Waals surface area contributed by atoms with E-state index in [1.54, 1.807) is 16.3 Å². The van der Waals surface area contributed by atoms with Gasteiger partial charge in [0.25, 0.3) is 0 Å². The Kier molecular flexibility index (Phi) is 4.69. The van der Waals surface area contributed by atoms with Crippen molar-refractivity contribution in [2.75, 3.05) is 11.5 Å². The molecule has 0 amide bonds. The largest absolute Gasteiger partial charge is 0.349 e. The minimum Gasteiger partial charge on any atom is -0.292 e. The molecule has 7 heteroatoms. The first kappa shape index (κ1) is 17.8. The molecule has 4 rings (SSSR count). The van der Waals surface area contributed by atoms with Crippen LogP contribution in [0, 0.1) is 6.92 Å². The first-order chi connectivity index (χ1) is 12.4. The molecule has 1 atom stereocenters. The number of aromatic nitrogens is 2. The number of rotatable bonds is 4. The van der Waals surface area contributed by atoms with Crippen molar-refractivity contribution in [2.45, 2.75) is 49.4 Å². The van der Waals surface area contributed by atoms with Crippen LogP contribution >= 0.6 is 11.8 Å². The van der Waals surface area contributed by atoms with Crippen LogP contribution in [0.3, 0.4) is 0 Å². The van der Waals surface area contributed by atoms with Gasteiger partial charge in [-0.3, -0.25) is 4.57 Å². The summed E-state index contributed by atoms with van der Waals surface area (Å²) in [6.07, 6.45) is 3.27. The standard InChI is InChI=1S/C19H22N2O3S2/c1-13-5-7-14(8-6-13)11-25-18-16-3-2-4-17(16)21(19(22)20-18)15-9-10-26(23,24)12-15/h5-8,15H,2-4,9-12H2,1H3. The summed E-state index contributed by atoms with van der Waals surface area (Å²) in [6, 6.07) is 8.14. The van der Waals surface area contributed by atoms with Crippen molar-refractivity contribution in [3.05, 3.63) is 57.1 Å². The van der Waals surface area contributed by atoms with Gasteiger partial charge in [-0.15, -0.1) is 11.8 Å². The molecule has 2 aliphatic rings. The summed E-state index contributed by atoms with van der Waals surface area (Å²) in [7, 11) is -3.03. The third-order valence-electron chi connectivity index (χ3n) is 5.21. The summed E-state index contributed by atoms with van der Waals surface area (Å²) in [5.74, 6) is 1.01. The number of benzene rings is 1. The molecule has 1 saturated heterocycles. The van der Waals surface area contributed by atoms with E-state index in [2.05, 4.69) is 36.2 Å². The van der Waals surface area contributed by atoms with Crippen molar-refractivity contribution in [1.29, 1.82) is 0 Å². The fraction of sp³-hybridized carbons (Fsp3) is 0.474. The lowest BCUT2D eigenvalue weighted by Gasteiger charge is -2.18. The Morgan fingerprint density at radius 2 is 2.00 bits per heavy atom. The van der Waals surface area contributed by atoms with E-state index in [0.717, 1.165) is 41.3 Å². The molecule has 26 heavy (non-hydrogen) atoms. The van der Waals surface area contributed by atoms with Crippen molar-refractivity contribution in [1.82, 2.24) is 9.55 Å². The molecule has 1 aromatic heterocycles. The number of hydrogen-bond acceptors (Lipinski definition) is 5. The van der Waals surface area contributed by atoms with Crippen LogP contribution in [0.2, 0.25) is 0 Å². The second-order valence-electron chi connectivity index (χ2n) is 7.18. The highest BCUT2D eigenvalue weighted by Crippen LogP contribution is 2.34. The molecule has 1 aliphatic heterocycles. The molecule has 1 unspecified atom stereocenters. The van der Waals surface area contributed by atoms with Crippen molar-refractivity contribution in [2.24, 2.45) is 0 Å². The molecule has 0 N–H and O–H groups in total. The van der Waals surface area contributed by atoms with Gasteiger partial charge in [0.05, 0.1) is 17.5 Å². The highest BCUT2D eigenvalue weighted by molar-refractivity contribution is 7.98. The van der Waals surface area contributed by atoms with E-state index in [-0.39, 0.29) is 23.2 Å². The van der Waals surface area contributed by atoms with Crippen LogP contribution in [0.5, 0.6) is 0 Å². The predicted molar refractivity (Wildman–Crippen MR) is 104 cm³/mol. The minimum atomic E-state index is -3.03. The fourth-order valence-corrected chi connectivity index (χ4v) is 6.59. The minimum absolute atomic E-state index is 0.0664. The van der Waals surface area contributed by atoms with Gasteiger partial charge < -0.3 is 0 Å². The van der Waals surface area contributed by atoms with E-state index < -0.39 is 9.84 Å². The lowest BCUT2D eigenvalue weighted by molar-refractivity contribution is 0.502. The monoisotopic (exact) mass is 390 g/mol. The van der Waals surface area contributed by atoms with Gasteiger partial charge >= 0.3 is 5.69 Å². The van der Waals surface area contributed by atoms with E-state index in [9.17, 15) is 13.2 Å². The van der Waals surface area contributed by atoms with Crippen LogP contribution in [0.4, 0.5) is 0 Å². The average Bonchev–Trinajstić information content (AvgIpc) is 3.20. The summed E-state index contributed by atoms with van der Waals surface area (Å²) in [5.41, 5.74) is 4.30. The molecule has 1 aromatic carbocycles. The molecule has 0 saturated carbocycles. The first-order valence-corrected chi connectivity index (χ1v) is 11.8. The van der Waals surface area contributed by atoms with Crippen molar-refractivity contribution in [3.63, 3.8) is 0 Å². The van der Waals surface area contributed by atoms with Crippen LogP contribution < -0.4 is 5.69 Å². The molecule has 1 fully saturated rings. The second kappa shape index (κ2) is 6.85. The number of nitrogens with zero attached hydrogens (tertiary/aromatic N) is 2. The summed E-state index contributed by atoms with van der Waals surface area (Å²) < 4.78 is 25.4. The molecule has 138 valence electrons. The molecule has 0 spiro atoms. The SMILES string of the molecule is Cc1ccc(CSc2nc(=O)n(C3CCS(=O)(=O)C3)c3c2CCC3)cc1. The maximum absolute atomic E-state index is 12.7. The predicted octanol–water partition coefficient (Wildman–Crippen LogP) is 2.69. The molecular weight excluding hydrogens is 368 g/mol. The van der Waals surface area contributed by atoms with Crippen LogP contribution in [-0.4, -0.2) is 29.5 Å². The smallest absolute Gasteiger partial charge is 0.292 e. The average molecular weight is 391 g/mol. The maximum Gasteiger partial charge on any atom is 0.349 e. The van der Waals surface area contributed by atoms with Gasteiger partial charge in [-0.2, -0.15) is 4.98 Å². The molecule has 2 heterocycles. The highest BCUT2D eigenvalue weighted by atomic mass is 32.2. The third kappa shape index (κ3) is 3.47. The highest BCUT2D eigenvalue weighted by Gasteiger charge is 2.33. The van der Waals surface area contributed by atoms with Gasteiger partial charge in [-0.05, 0) is 38.2 Å². The normalized spacial score (nSPS) is 21.0. The Morgan fingerprint density at radius 1 is 1.23 bits per heavy atom. The zero-order valence-electron chi connectivity index (χ0n) is 14.8. The van der Waals surface area contributed by atoms with E-state index >= 15 is 0 Å². The van der Waals surface area contributed by atoms with Gasteiger partial charge in [-0.1, -0.05) is 29.8 Å². The van der Waals surface area contributed by atoms with Crippen LogP contribution in [-0.2, 0) is 28.4 Å². The lowest BCUT2D eigenvalue weighted by atomic mass is 10.2. The van der Waals surface area contributed by atoms with Gasteiger partial charge in [0, 0.05) is 17.0 Å². The van der Waals surface area contributed by atoms with Gasteiger partial charge in [0.1, 0.15) is 5.03 Å². The first-order valence-electron chi connectivity index (χ1n) is 8.96. The Labute approximate surface area is 157 Å². The number of fused-ring (bicyclic) bond motifs is 1. The Balaban J connectivity index is 1.64. The van der Waals surface area contributed by atoms with E-state index in [0.29, 0.717) is 6.42 Å². The van der Waals surface area contributed by atoms with Crippen molar-refractivity contribution < 1.29 is 8.42 Å². The van der Waals surface area contributed by atoms with Crippen molar-refractivity contribution in [3.8, 4) is 0 Å². The van der Waals surface area contributed by atoms with Gasteiger partial charge in [0.2, 0.25) is 0 Å². The molecular formula is C19H22N2O3S2. The topological polar surface area (TPSA) is 69.0 Å². The van der Waals surface area contributed by atoms with E-state index in [1.165, 1.54) is 11.1 Å². The number of thioether (sulfide) groups is 1. The Hall–Kier alpha value is -1.60. The van der Waals surface area contributed by atoms with E-state index in [4.69, 9.17) is 0 Å². The van der Waals surface area contributed by atoms with Gasteiger partial charge in [-0.25, -0.2) is 13.2 Å². The number of aryl methyl sites for hydroxylation is 1. The Morgan fingerprint density at radius 3 is 2.69 bits per heavy atom. The summed E-state index contributed by atoms with van der Waals surface area (Å²) in [5, 5.41) is 0.820. The summed E-state index contributed by atoms with van der Waals surface area (Å²) in [4.78, 5) is 17.0. The molecule has 5 nitrogen and oxygen atoms in total. The van der Waals surface area contributed by atoms with Crippen LogP contribution in [0.25, 0.3) is 0 Å². The fourth-order valence-electron chi connectivity index (χ4n) is 3.86. The molecule has 2 aromatic rings. The second-order valence-corrected chi connectivity index (χ2v) is 10.4. The molecule has 0 radical (unpaired) electrons. The Bertz CT molecular complexity index is 995.